The molecule has 16 heavy (non-hydrogen) atoms. The highest BCUT2D eigenvalue weighted by molar-refractivity contribution is 7.09. The molecule has 2 rings (SSSR count). The summed E-state index contributed by atoms with van der Waals surface area (Å²) in [5.41, 5.74) is 2.98. The van der Waals surface area contributed by atoms with Crippen molar-refractivity contribution in [3.63, 3.8) is 0 Å². The van der Waals surface area contributed by atoms with Crippen LogP contribution < -0.4 is 5.32 Å². The average molecular weight is 254 g/mol. The molecule has 2 heterocycles. The van der Waals surface area contributed by atoms with E-state index in [1.54, 1.807) is 17.5 Å². The Kier molecular flexibility index (Phi) is 3.88. The van der Waals surface area contributed by atoms with Crippen LogP contribution >= 0.6 is 22.9 Å². The lowest BCUT2D eigenvalue weighted by atomic mass is 10.1. The molecule has 0 bridgehead atoms. The van der Waals surface area contributed by atoms with Gasteiger partial charge < -0.3 is 5.32 Å². The number of halogens is 1. The van der Waals surface area contributed by atoms with Gasteiger partial charge in [0.15, 0.2) is 0 Å². The second-order valence-corrected chi connectivity index (χ2v) is 4.84. The first kappa shape index (κ1) is 11.5. The Balaban J connectivity index is 1.95. The minimum Gasteiger partial charge on any atom is -0.305 e. The number of aromatic nitrogens is 2. The van der Waals surface area contributed by atoms with Crippen LogP contribution in [-0.4, -0.2) is 9.97 Å². The van der Waals surface area contributed by atoms with Gasteiger partial charge in [0.1, 0.15) is 5.15 Å². The van der Waals surface area contributed by atoms with E-state index in [9.17, 15) is 0 Å². The maximum Gasteiger partial charge on any atom is 0.129 e. The Morgan fingerprint density at radius 3 is 3.12 bits per heavy atom. The van der Waals surface area contributed by atoms with Gasteiger partial charge in [-0.15, -0.1) is 11.3 Å². The third kappa shape index (κ3) is 3.01. The van der Waals surface area contributed by atoms with E-state index in [1.165, 1.54) is 4.88 Å². The Hall–Kier alpha value is -0.970. The van der Waals surface area contributed by atoms with Gasteiger partial charge in [-0.2, -0.15) is 0 Å². The number of rotatable bonds is 4. The lowest BCUT2D eigenvalue weighted by molar-refractivity contribution is 0.578. The zero-order valence-electron chi connectivity index (χ0n) is 8.85. The minimum atomic E-state index is 0.252. The van der Waals surface area contributed by atoms with E-state index in [0.717, 1.165) is 12.1 Å². The number of hydrogen-bond donors (Lipinski definition) is 1. The van der Waals surface area contributed by atoms with E-state index in [0.29, 0.717) is 5.15 Å². The first-order chi connectivity index (χ1) is 7.75. The smallest absolute Gasteiger partial charge is 0.129 e. The van der Waals surface area contributed by atoms with Crippen molar-refractivity contribution >= 4 is 22.9 Å². The molecular weight excluding hydrogens is 242 g/mol. The van der Waals surface area contributed by atoms with E-state index in [2.05, 4.69) is 22.2 Å². The van der Waals surface area contributed by atoms with Crippen LogP contribution in [0.1, 0.15) is 23.4 Å². The molecule has 84 valence electrons. The number of nitrogens with one attached hydrogen (secondary N) is 1. The van der Waals surface area contributed by atoms with Crippen molar-refractivity contribution in [1.82, 2.24) is 15.3 Å². The minimum absolute atomic E-state index is 0.252. The molecule has 0 radical (unpaired) electrons. The highest BCUT2D eigenvalue weighted by Gasteiger charge is 2.05. The van der Waals surface area contributed by atoms with E-state index in [-0.39, 0.29) is 6.04 Å². The fourth-order valence-electron chi connectivity index (χ4n) is 1.39. The van der Waals surface area contributed by atoms with E-state index >= 15 is 0 Å². The molecule has 0 spiro atoms. The monoisotopic (exact) mass is 253 g/mol. The fraction of sp³-hybridized carbons (Fsp3) is 0.273. The van der Waals surface area contributed by atoms with Crippen LogP contribution in [0.3, 0.4) is 0 Å². The van der Waals surface area contributed by atoms with Gasteiger partial charge in [-0.05, 0) is 24.6 Å². The van der Waals surface area contributed by atoms with E-state index in [1.807, 2.05) is 23.8 Å². The van der Waals surface area contributed by atoms with Crippen molar-refractivity contribution in [2.45, 2.75) is 19.5 Å². The third-order valence-corrected chi connectivity index (χ3v) is 3.30. The van der Waals surface area contributed by atoms with Crippen molar-refractivity contribution in [3.05, 3.63) is 45.6 Å². The summed E-state index contributed by atoms with van der Waals surface area (Å²) < 4.78 is 0. The van der Waals surface area contributed by atoms with Crippen molar-refractivity contribution < 1.29 is 0 Å². The largest absolute Gasteiger partial charge is 0.305 e. The summed E-state index contributed by atoms with van der Waals surface area (Å²) in [5, 5.41) is 3.94. The quantitative estimate of drug-likeness (QED) is 0.851. The predicted molar refractivity (Wildman–Crippen MR) is 66.6 cm³/mol. The second-order valence-electron chi connectivity index (χ2n) is 3.48. The highest BCUT2D eigenvalue weighted by Crippen LogP contribution is 2.16. The lowest BCUT2D eigenvalue weighted by Gasteiger charge is -2.13. The van der Waals surface area contributed by atoms with Crippen LogP contribution in [0, 0.1) is 0 Å². The van der Waals surface area contributed by atoms with Crippen molar-refractivity contribution in [2.24, 2.45) is 0 Å². The van der Waals surface area contributed by atoms with Crippen LogP contribution in [0.5, 0.6) is 0 Å². The topological polar surface area (TPSA) is 37.8 Å². The summed E-state index contributed by atoms with van der Waals surface area (Å²) in [6, 6.07) is 4.10. The molecule has 0 aliphatic rings. The summed E-state index contributed by atoms with van der Waals surface area (Å²) in [7, 11) is 0. The van der Waals surface area contributed by atoms with Gasteiger partial charge in [0.2, 0.25) is 0 Å². The molecule has 0 saturated carbocycles. The van der Waals surface area contributed by atoms with Gasteiger partial charge in [0.25, 0.3) is 0 Å². The van der Waals surface area contributed by atoms with Gasteiger partial charge in [0.05, 0.1) is 5.51 Å². The van der Waals surface area contributed by atoms with Crippen LogP contribution in [0.2, 0.25) is 5.15 Å². The zero-order chi connectivity index (χ0) is 11.4. The molecule has 1 unspecified atom stereocenters. The van der Waals surface area contributed by atoms with Crippen LogP contribution in [0.25, 0.3) is 0 Å². The summed E-state index contributed by atoms with van der Waals surface area (Å²) in [6.45, 7) is 2.93. The SMILES string of the molecule is CC(NCc1cncs1)c1ccnc(Cl)c1. The van der Waals surface area contributed by atoms with Crippen molar-refractivity contribution in [2.75, 3.05) is 0 Å². The molecule has 1 N–H and O–H groups in total. The van der Waals surface area contributed by atoms with Crippen LogP contribution in [0.15, 0.2) is 30.0 Å². The molecule has 2 aromatic rings. The van der Waals surface area contributed by atoms with Crippen LogP contribution in [0.4, 0.5) is 0 Å². The molecule has 0 fully saturated rings. The second kappa shape index (κ2) is 5.39. The number of thiazole rings is 1. The molecule has 0 saturated heterocycles. The lowest BCUT2D eigenvalue weighted by Crippen LogP contribution is -2.17. The normalized spacial score (nSPS) is 12.6. The van der Waals surface area contributed by atoms with Crippen molar-refractivity contribution in [3.8, 4) is 0 Å². The molecule has 5 heteroatoms. The Morgan fingerprint density at radius 1 is 1.56 bits per heavy atom. The van der Waals surface area contributed by atoms with Gasteiger partial charge in [-0.1, -0.05) is 11.6 Å². The molecule has 2 aromatic heterocycles. The summed E-state index contributed by atoms with van der Waals surface area (Å²) in [4.78, 5) is 9.23. The summed E-state index contributed by atoms with van der Waals surface area (Å²) >= 11 is 7.49. The van der Waals surface area contributed by atoms with E-state index < -0.39 is 0 Å². The average Bonchev–Trinajstić information content (AvgIpc) is 2.78. The van der Waals surface area contributed by atoms with E-state index in [4.69, 9.17) is 11.6 Å². The van der Waals surface area contributed by atoms with Gasteiger partial charge >= 0.3 is 0 Å². The number of hydrogen-bond acceptors (Lipinski definition) is 4. The maximum atomic E-state index is 5.84. The van der Waals surface area contributed by atoms with Crippen LogP contribution in [-0.2, 0) is 6.54 Å². The van der Waals surface area contributed by atoms with Gasteiger partial charge in [-0.3, -0.25) is 4.98 Å². The molecular formula is C11H12ClN3S. The first-order valence-corrected chi connectivity index (χ1v) is 6.23. The first-order valence-electron chi connectivity index (χ1n) is 4.98. The standard InChI is InChI=1S/C11H12ClN3S/c1-8(9-2-3-14-11(12)4-9)15-6-10-5-13-7-16-10/h2-5,7-8,15H,6H2,1H3. The maximum absolute atomic E-state index is 5.84. The van der Waals surface area contributed by atoms with Gasteiger partial charge in [0, 0.05) is 29.9 Å². The Labute approximate surface area is 104 Å². The summed E-state index contributed by atoms with van der Waals surface area (Å²) in [6.07, 6.45) is 3.60. The molecule has 0 aliphatic heterocycles. The fourth-order valence-corrected chi connectivity index (χ4v) is 2.12. The Morgan fingerprint density at radius 2 is 2.44 bits per heavy atom. The third-order valence-electron chi connectivity index (χ3n) is 2.32. The molecule has 0 aliphatic carbocycles. The Bertz CT molecular complexity index is 444. The summed E-state index contributed by atoms with van der Waals surface area (Å²) in [5.74, 6) is 0. The zero-order valence-corrected chi connectivity index (χ0v) is 10.4. The molecule has 0 aromatic carbocycles. The highest BCUT2D eigenvalue weighted by atomic mass is 35.5. The van der Waals surface area contributed by atoms with Gasteiger partial charge in [-0.25, -0.2) is 4.98 Å². The number of nitrogens with zero attached hydrogens (tertiary/aromatic N) is 2. The molecule has 1 atom stereocenters. The molecule has 0 amide bonds. The van der Waals surface area contributed by atoms with Crippen molar-refractivity contribution in [1.29, 1.82) is 0 Å². The number of pyridine rings is 1. The predicted octanol–water partition coefficient (Wildman–Crippen LogP) is 3.04. The molecule has 3 nitrogen and oxygen atoms in total.